The lowest BCUT2D eigenvalue weighted by Gasteiger charge is -2.47. The standard InChI is InChI=1S/C25H25F29O10Si4/c1-65(2)61-66(3,4)63-68(7,64-67(5,6)62-65)9-8-10(55)11(56)12(26,17(32,33)34)57-23(49,50)14(29,19(38,39)40)59-25(53,54)16(31,21(44,45)46)60-24(51,52)15(30,20(41,42)43)58-22(47,48)13(27,28)18(35,36)37/h8-9H2,1-7H3. The maximum absolute atomic E-state index is 15.3. The third-order valence-corrected chi connectivity index (χ3v) is 24.0. The van der Waals surface area contributed by atoms with Crippen LogP contribution in [0, 0.1) is 0 Å². The second-order valence-electron chi connectivity index (χ2n) is 14.9. The van der Waals surface area contributed by atoms with E-state index in [1.165, 1.54) is 39.3 Å². The number of ether oxygens (including phenoxy) is 4. The van der Waals surface area contributed by atoms with Crippen molar-refractivity contribution in [3.05, 3.63) is 0 Å². The molecule has 1 heterocycles. The van der Waals surface area contributed by atoms with Crippen LogP contribution in [0.2, 0.25) is 51.9 Å². The number of carbonyl (C=O) groups excluding carboxylic acids is 2. The monoisotopic (exact) mass is 1150 g/mol. The quantitative estimate of drug-likeness (QED) is 0.0794. The molecule has 1 aliphatic rings. The molecule has 0 aromatic carbocycles. The zero-order valence-electron chi connectivity index (χ0n) is 33.5. The van der Waals surface area contributed by atoms with Gasteiger partial charge in [-0.2, -0.15) is 127 Å². The van der Waals surface area contributed by atoms with Crippen molar-refractivity contribution in [2.24, 2.45) is 0 Å². The van der Waals surface area contributed by atoms with Gasteiger partial charge in [0, 0.05) is 6.42 Å². The maximum atomic E-state index is 15.3. The molecular weight excluding hydrogens is 1120 g/mol. The van der Waals surface area contributed by atoms with E-state index in [1.54, 1.807) is 4.74 Å². The fourth-order valence-electron chi connectivity index (χ4n) is 5.25. The van der Waals surface area contributed by atoms with Crippen molar-refractivity contribution in [2.45, 2.75) is 143 Å². The Balaban J connectivity index is 3.97. The smallest absolute Gasteiger partial charge is 0.416 e. The van der Waals surface area contributed by atoms with Crippen LogP contribution < -0.4 is 0 Å². The fraction of sp³-hybridized carbons (Fsp3) is 0.920. The van der Waals surface area contributed by atoms with Crippen LogP contribution in [0.5, 0.6) is 0 Å². The molecule has 4 unspecified atom stereocenters. The van der Waals surface area contributed by atoms with Crippen LogP contribution in [0.4, 0.5) is 127 Å². The second kappa shape index (κ2) is 17.8. The van der Waals surface area contributed by atoms with Gasteiger partial charge in [0.2, 0.25) is 5.78 Å². The zero-order valence-corrected chi connectivity index (χ0v) is 37.5. The minimum Gasteiger partial charge on any atom is -0.416 e. The topological polar surface area (TPSA) is 108 Å². The molecule has 0 bridgehead atoms. The van der Waals surface area contributed by atoms with Crippen LogP contribution in [0.25, 0.3) is 0 Å². The van der Waals surface area contributed by atoms with Crippen LogP contribution >= 0.6 is 0 Å². The Bertz CT molecular complexity index is 1830. The molecule has 404 valence electrons. The third kappa shape index (κ3) is 12.4. The molecule has 1 aliphatic heterocycles. The van der Waals surface area contributed by atoms with Crippen LogP contribution in [0.3, 0.4) is 0 Å². The van der Waals surface area contributed by atoms with E-state index < -0.39 is 143 Å². The summed E-state index contributed by atoms with van der Waals surface area (Å²) in [4.78, 5) is 25.0. The van der Waals surface area contributed by atoms with Gasteiger partial charge in [-0.3, -0.25) is 28.5 Å². The predicted molar refractivity (Wildman–Crippen MR) is 163 cm³/mol. The number of Topliss-reactive ketones (excluding diaryl/α,β-unsaturated/α-hetero) is 2. The van der Waals surface area contributed by atoms with E-state index in [0.717, 1.165) is 20.8 Å². The number of rotatable bonds is 17. The van der Waals surface area contributed by atoms with Crippen LogP contribution in [-0.4, -0.2) is 130 Å². The molecule has 1 saturated heterocycles. The number of hydrogen-bond donors (Lipinski definition) is 0. The van der Waals surface area contributed by atoms with Gasteiger partial charge in [-0.05, 0) is 51.9 Å². The van der Waals surface area contributed by atoms with E-state index in [1.807, 2.05) is 0 Å². The van der Waals surface area contributed by atoms with Crippen LogP contribution in [-0.2, 0) is 45.0 Å². The van der Waals surface area contributed by atoms with Gasteiger partial charge >= 0.3 is 119 Å². The number of carbonyl (C=O) groups is 2. The van der Waals surface area contributed by atoms with Gasteiger partial charge < -0.3 is 16.5 Å². The van der Waals surface area contributed by atoms with Gasteiger partial charge in [0.25, 0.3) is 5.78 Å². The van der Waals surface area contributed by atoms with Gasteiger partial charge in [-0.25, -0.2) is 0 Å². The summed E-state index contributed by atoms with van der Waals surface area (Å²) in [5, 5.41) is 0. The van der Waals surface area contributed by atoms with Crippen LogP contribution in [0.15, 0.2) is 0 Å². The van der Waals surface area contributed by atoms with Gasteiger partial charge in [-0.15, -0.1) is 0 Å². The molecular formula is C25H25F29O10Si4. The van der Waals surface area contributed by atoms with Crippen molar-refractivity contribution in [1.82, 2.24) is 0 Å². The minimum absolute atomic E-state index is 0.939. The first-order valence-electron chi connectivity index (χ1n) is 16.6. The Kier molecular flexibility index (Phi) is 16.7. The van der Waals surface area contributed by atoms with E-state index in [-0.39, 0.29) is 0 Å². The molecule has 1 fully saturated rings. The molecule has 0 amide bonds. The Labute approximate surface area is 361 Å². The first-order chi connectivity index (χ1) is 28.9. The highest BCUT2D eigenvalue weighted by Gasteiger charge is 2.90. The highest BCUT2D eigenvalue weighted by Crippen LogP contribution is 2.61. The van der Waals surface area contributed by atoms with Gasteiger partial charge in [0.05, 0.1) is 0 Å². The Morgan fingerprint density at radius 3 is 0.897 bits per heavy atom. The molecule has 0 aliphatic carbocycles. The molecule has 0 aromatic rings. The molecule has 68 heavy (non-hydrogen) atoms. The van der Waals surface area contributed by atoms with Crippen molar-refractivity contribution in [1.29, 1.82) is 0 Å². The minimum atomic E-state index is -9.33. The lowest BCUT2D eigenvalue weighted by Crippen LogP contribution is -2.72. The summed E-state index contributed by atoms with van der Waals surface area (Å²) < 4.78 is 428. The molecule has 0 saturated carbocycles. The van der Waals surface area contributed by atoms with Gasteiger partial charge in [0.15, 0.2) is 0 Å². The predicted octanol–water partition coefficient (Wildman–Crippen LogP) is 11.3. The van der Waals surface area contributed by atoms with E-state index in [9.17, 15) is 128 Å². The van der Waals surface area contributed by atoms with E-state index >= 15 is 8.78 Å². The Morgan fingerprint density at radius 1 is 0.368 bits per heavy atom. The summed E-state index contributed by atoms with van der Waals surface area (Å²) in [6, 6.07) is -1.23. The first-order valence-corrected chi connectivity index (χ1v) is 27.6. The lowest BCUT2D eigenvalue weighted by atomic mass is 10.1. The molecule has 0 spiro atoms. The average Bonchev–Trinajstić information content (AvgIpc) is 3.00. The van der Waals surface area contributed by atoms with Crippen molar-refractivity contribution < 1.29 is 172 Å². The normalized spacial score (nSPS) is 23.0. The molecule has 4 atom stereocenters. The maximum Gasteiger partial charge on any atom is 0.462 e. The fourth-order valence-corrected chi connectivity index (χ4v) is 26.7. The summed E-state index contributed by atoms with van der Waals surface area (Å²) in [6.45, 7) is 8.88. The molecule has 43 heteroatoms. The second-order valence-corrected chi connectivity index (χ2v) is 29.3. The molecule has 0 radical (unpaired) electrons. The third-order valence-electron chi connectivity index (χ3n) is 7.64. The largest absolute Gasteiger partial charge is 0.462 e. The molecule has 0 aromatic heterocycles. The van der Waals surface area contributed by atoms with E-state index in [2.05, 4.69) is 0 Å². The van der Waals surface area contributed by atoms with E-state index in [0.29, 0.717) is 0 Å². The van der Waals surface area contributed by atoms with E-state index in [4.69, 9.17) is 16.5 Å². The summed E-state index contributed by atoms with van der Waals surface area (Å²) >= 11 is 0. The highest BCUT2D eigenvalue weighted by atomic mass is 28.5. The number of alkyl halides is 29. The van der Waals surface area contributed by atoms with Crippen LogP contribution in [0.1, 0.15) is 6.42 Å². The van der Waals surface area contributed by atoms with Crippen molar-refractivity contribution in [3.63, 3.8) is 0 Å². The first kappa shape index (κ1) is 63.9. The Morgan fingerprint density at radius 2 is 0.632 bits per heavy atom. The lowest BCUT2D eigenvalue weighted by molar-refractivity contribution is -0.592. The van der Waals surface area contributed by atoms with Gasteiger partial charge in [0.1, 0.15) is 0 Å². The van der Waals surface area contributed by atoms with Crippen molar-refractivity contribution in [2.75, 3.05) is 0 Å². The van der Waals surface area contributed by atoms with Gasteiger partial charge in [-0.1, -0.05) is 0 Å². The zero-order chi connectivity index (χ0) is 55.2. The SMILES string of the molecule is C[Si]1(C)O[Si](C)(C)O[Si](C)(CCC(=O)C(=O)C(F)(OC(F)(F)C(F)(OC(F)(F)C(F)(OC(F)(F)C(F)(OC(F)(F)C(F)(F)C(F)(F)F)C(F)(F)F)C(F)(F)F)C(F)(F)F)C(F)(F)F)O[Si](C)(C)O1. The number of hydrogen-bond acceptors (Lipinski definition) is 10. The van der Waals surface area contributed by atoms with Crippen molar-refractivity contribution >= 4 is 45.8 Å². The molecule has 10 nitrogen and oxygen atoms in total. The number of ketones is 2. The summed E-state index contributed by atoms with van der Waals surface area (Å²) in [7, 11) is -14.6. The summed E-state index contributed by atoms with van der Waals surface area (Å²) in [5.41, 5.74) is 0. The summed E-state index contributed by atoms with van der Waals surface area (Å²) in [6.07, 6.45) is -80.4. The molecule has 1 rings (SSSR count). The highest BCUT2D eigenvalue weighted by molar-refractivity contribution is 6.93. The average molecular weight is 1150 g/mol. The number of halogens is 29. The Hall–Kier alpha value is -2.14. The molecule has 0 N–H and O–H groups in total. The van der Waals surface area contributed by atoms with Crippen molar-refractivity contribution in [3.8, 4) is 0 Å². The summed E-state index contributed by atoms with van der Waals surface area (Å²) in [5.74, 6) is -50.9.